The molecule has 0 spiro atoms. The lowest BCUT2D eigenvalue weighted by Gasteiger charge is -2.13. The van der Waals surface area contributed by atoms with Crippen molar-refractivity contribution >= 4 is 5.96 Å². The van der Waals surface area contributed by atoms with E-state index in [9.17, 15) is 0 Å². The lowest BCUT2D eigenvalue weighted by molar-refractivity contribution is 0.875. The zero-order valence-corrected chi connectivity index (χ0v) is 8.55. The minimum atomic E-state index is 0.752. The average Bonchev–Trinajstić information content (AvgIpc) is 2.44. The molecular formula is C9H16N4. The lowest BCUT2D eigenvalue weighted by atomic mass is 10.5. The predicted octanol–water partition coefficient (Wildman–Crippen LogP) is 0.854. The molecule has 0 aromatic carbocycles. The van der Waals surface area contributed by atoms with Crippen LogP contribution in [0.5, 0.6) is 0 Å². The maximum atomic E-state index is 4.04. The second-order valence-corrected chi connectivity index (χ2v) is 2.89. The number of hydrogen-bond donors (Lipinski definition) is 2. The Hall–Kier alpha value is -1.45. The van der Waals surface area contributed by atoms with E-state index in [-0.39, 0.29) is 0 Å². The molecule has 4 nitrogen and oxygen atoms in total. The molecule has 4 heteroatoms. The van der Waals surface area contributed by atoms with Crippen LogP contribution in [0.1, 0.15) is 11.4 Å². The van der Waals surface area contributed by atoms with Crippen molar-refractivity contribution in [3.05, 3.63) is 23.5 Å². The van der Waals surface area contributed by atoms with Gasteiger partial charge in [0.1, 0.15) is 0 Å². The summed E-state index contributed by atoms with van der Waals surface area (Å²) in [6.45, 7) is 4.09. The number of nitrogens with one attached hydrogen (secondary N) is 2. The smallest absolute Gasteiger partial charge is 0.210 e. The van der Waals surface area contributed by atoms with Crippen molar-refractivity contribution in [1.82, 2.24) is 9.99 Å². The molecule has 72 valence electrons. The highest BCUT2D eigenvalue weighted by Crippen LogP contribution is 2.03. The van der Waals surface area contributed by atoms with Gasteiger partial charge >= 0.3 is 0 Å². The number of hydrogen-bond acceptors (Lipinski definition) is 1. The van der Waals surface area contributed by atoms with E-state index >= 15 is 0 Å². The Kier molecular flexibility index (Phi) is 2.95. The first-order valence-electron chi connectivity index (χ1n) is 4.25. The van der Waals surface area contributed by atoms with Crippen molar-refractivity contribution in [2.75, 3.05) is 19.5 Å². The molecule has 0 saturated carbocycles. The molecule has 13 heavy (non-hydrogen) atoms. The van der Waals surface area contributed by atoms with Gasteiger partial charge in [0.15, 0.2) is 0 Å². The Morgan fingerprint density at radius 2 is 1.85 bits per heavy atom. The molecule has 0 saturated heterocycles. The van der Waals surface area contributed by atoms with E-state index in [1.54, 1.807) is 7.05 Å². The SMILES string of the molecule is CN=C(NC)Nn1c(C)ccc1C. The molecule has 0 atom stereocenters. The van der Waals surface area contributed by atoms with Crippen LogP contribution >= 0.6 is 0 Å². The molecule has 0 fully saturated rings. The predicted molar refractivity (Wildman–Crippen MR) is 55.7 cm³/mol. The number of rotatable bonds is 1. The lowest BCUT2D eigenvalue weighted by Crippen LogP contribution is -2.34. The van der Waals surface area contributed by atoms with Gasteiger partial charge in [0.05, 0.1) is 0 Å². The van der Waals surface area contributed by atoms with E-state index in [0.717, 1.165) is 17.3 Å². The molecule has 0 radical (unpaired) electrons. The Morgan fingerprint density at radius 1 is 1.31 bits per heavy atom. The summed E-state index contributed by atoms with van der Waals surface area (Å²) in [4.78, 5) is 4.04. The third-order valence-corrected chi connectivity index (χ3v) is 1.95. The van der Waals surface area contributed by atoms with Crippen molar-refractivity contribution in [1.29, 1.82) is 0 Å². The Balaban J connectivity index is 2.84. The molecule has 0 aliphatic heterocycles. The summed E-state index contributed by atoms with van der Waals surface area (Å²) in [6.07, 6.45) is 0. The zero-order valence-electron chi connectivity index (χ0n) is 8.55. The normalized spacial score (nSPS) is 11.5. The van der Waals surface area contributed by atoms with Crippen LogP contribution in [-0.2, 0) is 0 Å². The average molecular weight is 180 g/mol. The van der Waals surface area contributed by atoms with Crippen LogP contribution in [0.15, 0.2) is 17.1 Å². The molecule has 1 rings (SSSR count). The molecule has 1 heterocycles. The summed E-state index contributed by atoms with van der Waals surface area (Å²) in [7, 11) is 3.58. The maximum absolute atomic E-state index is 4.04. The van der Waals surface area contributed by atoms with Crippen LogP contribution < -0.4 is 10.7 Å². The molecule has 0 aliphatic rings. The van der Waals surface area contributed by atoms with Crippen molar-refractivity contribution in [2.24, 2.45) is 4.99 Å². The number of aliphatic imine (C=N–C) groups is 1. The van der Waals surface area contributed by atoms with E-state index in [1.807, 2.05) is 25.6 Å². The number of nitrogens with zero attached hydrogens (tertiary/aromatic N) is 2. The highest BCUT2D eigenvalue weighted by Gasteiger charge is 2.01. The minimum absolute atomic E-state index is 0.752. The van der Waals surface area contributed by atoms with Gasteiger partial charge in [-0.25, -0.2) is 0 Å². The van der Waals surface area contributed by atoms with Crippen LogP contribution in [0.4, 0.5) is 0 Å². The first kappa shape index (κ1) is 9.64. The van der Waals surface area contributed by atoms with E-state index in [2.05, 4.69) is 27.9 Å². The van der Waals surface area contributed by atoms with Crippen molar-refractivity contribution < 1.29 is 0 Å². The van der Waals surface area contributed by atoms with Gasteiger partial charge in [0.25, 0.3) is 0 Å². The number of guanidine groups is 1. The molecule has 2 N–H and O–H groups in total. The first-order valence-corrected chi connectivity index (χ1v) is 4.25. The molecule has 0 unspecified atom stereocenters. The highest BCUT2D eigenvalue weighted by molar-refractivity contribution is 5.86. The summed E-state index contributed by atoms with van der Waals surface area (Å²) in [5, 5.41) is 2.96. The van der Waals surface area contributed by atoms with Crippen molar-refractivity contribution in [3.8, 4) is 0 Å². The van der Waals surface area contributed by atoms with Gasteiger partial charge in [0.2, 0.25) is 5.96 Å². The fraction of sp³-hybridized carbons (Fsp3) is 0.444. The molecule has 0 amide bonds. The third-order valence-electron chi connectivity index (χ3n) is 1.95. The summed E-state index contributed by atoms with van der Waals surface area (Å²) in [5.74, 6) is 0.752. The highest BCUT2D eigenvalue weighted by atomic mass is 15.5. The molecule has 0 aliphatic carbocycles. The van der Waals surface area contributed by atoms with E-state index in [1.165, 1.54) is 0 Å². The van der Waals surface area contributed by atoms with Gasteiger partial charge in [-0.1, -0.05) is 0 Å². The molecule has 1 aromatic rings. The van der Waals surface area contributed by atoms with Crippen LogP contribution in [-0.4, -0.2) is 24.7 Å². The van der Waals surface area contributed by atoms with Gasteiger partial charge in [0, 0.05) is 25.5 Å². The van der Waals surface area contributed by atoms with Gasteiger partial charge in [-0.2, -0.15) is 0 Å². The topological polar surface area (TPSA) is 41.4 Å². The first-order chi connectivity index (χ1) is 6.19. The van der Waals surface area contributed by atoms with E-state index in [4.69, 9.17) is 0 Å². The second kappa shape index (κ2) is 3.98. The van der Waals surface area contributed by atoms with E-state index < -0.39 is 0 Å². The van der Waals surface area contributed by atoms with Gasteiger partial charge < -0.3 is 5.32 Å². The monoisotopic (exact) mass is 180 g/mol. The van der Waals surface area contributed by atoms with Gasteiger partial charge in [-0.3, -0.25) is 15.1 Å². The Morgan fingerprint density at radius 3 is 2.23 bits per heavy atom. The minimum Gasteiger partial charge on any atom is -0.358 e. The summed E-state index contributed by atoms with van der Waals surface area (Å²) in [5.41, 5.74) is 5.47. The standard InChI is InChI=1S/C9H16N4/c1-7-5-6-8(2)13(7)12-9(10-3)11-4/h5-6H,1-4H3,(H2,10,11,12). The maximum Gasteiger partial charge on any atom is 0.210 e. The largest absolute Gasteiger partial charge is 0.358 e. The van der Waals surface area contributed by atoms with Gasteiger partial charge in [-0.15, -0.1) is 0 Å². The van der Waals surface area contributed by atoms with E-state index in [0.29, 0.717) is 0 Å². The summed E-state index contributed by atoms with van der Waals surface area (Å²) < 4.78 is 1.98. The van der Waals surface area contributed by atoms with Crippen molar-refractivity contribution in [2.45, 2.75) is 13.8 Å². The fourth-order valence-corrected chi connectivity index (χ4v) is 1.17. The third kappa shape index (κ3) is 2.02. The van der Waals surface area contributed by atoms with Crippen LogP contribution in [0, 0.1) is 13.8 Å². The zero-order chi connectivity index (χ0) is 9.84. The summed E-state index contributed by atoms with van der Waals surface area (Å²) in [6, 6.07) is 4.12. The molecular weight excluding hydrogens is 164 g/mol. The Labute approximate surface area is 78.6 Å². The van der Waals surface area contributed by atoms with Crippen LogP contribution in [0.2, 0.25) is 0 Å². The fourth-order valence-electron chi connectivity index (χ4n) is 1.17. The number of aromatic nitrogens is 1. The van der Waals surface area contributed by atoms with Crippen LogP contribution in [0.25, 0.3) is 0 Å². The second-order valence-electron chi connectivity index (χ2n) is 2.89. The Bertz CT molecular complexity index is 292. The van der Waals surface area contributed by atoms with Crippen LogP contribution in [0.3, 0.4) is 0 Å². The quantitative estimate of drug-likeness (QED) is 0.497. The number of aryl methyl sites for hydroxylation is 2. The van der Waals surface area contributed by atoms with Crippen molar-refractivity contribution in [3.63, 3.8) is 0 Å². The van der Waals surface area contributed by atoms with Gasteiger partial charge in [-0.05, 0) is 26.0 Å². The molecule has 1 aromatic heterocycles. The molecule has 0 bridgehead atoms. The summed E-state index contributed by atoms with van der Waals surface area (Å²) >= 11 is 0.